The number of fused-ring (bicyclic) bond motifs is 2. The molecule has 3 heterocycles. The van der Waals surface area contributed by atoms with Crippen molar-refractivity contribution in [3.05, 3.63) is 40.6 Å². The van der Waals surface area contributed by atoms with Crippen molar-refractivity contribution in [2.45, 2.75) is 13.0 Å². The number of benzene rings is 1. The molecule has 0 bridgehead atoms. The van der Waals surface area contributed by atoms with E-state index in [1.807, 2.05) is 28.6 Å². The van der Waals surface area contributed by atoms with Crippen LogP contribution in [0.4, 0.5) is 21.9 Å². The van der Waals surface area contributed by atoms with Gasteiger partial charge in [-0.15, -0.1) is 11.3 Å². The zero-order valence-electron chi connectivity index (χ0n) is 14.7. The molecule has 2 aliphatic rings. The summed E-state index contributed by atoms with van der Waals surface area (Å²) in [7, 11) is 2.08. The topological polar surface area (TPSA) is 67.9 Å². The molecule has 2 aliphatic heterocycles. The number of amides is 3. The lowest BCUT2D eigenvalue weighted by atomic mass is 10.2. The highest BCUT2D eigenvalue weighted by Gasteiger charge is 2.32. The standard InChI is InChI=1S/C18H21N5O2S/c1-12-9-21(2)7-8-22(12)20-18(25)23-15-6-4-3-5-14(15)19-17(24)13-10-26-11-16(13)23/h3-6,10-12H,7-9H2,1-2H3,(H,19,24)(H,20,25). The minimum absolute atomic E-state index is 0.197. The Kier molecular flexibility index (Phi) is 4.39. The predicted octanol–water partition coefficient (Wildman–Crippen LogP) is 2.71. The Morgan fingerprint density at radius 2 is 2.04 bits per heavy atom. The maximum Gasteiger partial charge on any atom is 0.341 e. The molecule has 0 spiro atoms. The van der Waals surface area contributed by atoms with Gasteiger partial charge in [-0.3, -0.25) is 15.1 Å². The quantitative estimate of drug-likeness (QED) is 0.809. The van der Waals surface area contributed by atoms with Crippen LogP contribution < -0.4 is 15.6 Å². The van der Waals surface area contributed by atoms with E-state index in [2.05, 4.69) is 29.6 Å². The lowest BCUT2D eigenvalue weighted by Crippen LogP contribution is -2.59. The van der Waals surface area contributed by atoms with Crippen molar-refractivity contribution >= 4 is 40.3 Å². The fourth-order valence-corrected chi connectivity index (χ4v) is 4.22. The molecule has 3 amide bonds. The highest BCUT2D eigenvalue weighted by atomic mass is 32.1. The molecule has 7 nitrogen and oxygen atoms in total. The Bertz CT molecular complexity index is 852. The van der Waals surface area contributed by atoms with Gasteiger partial charge in [0.25, 0.3) is 5.91 Å². The van der Waals surface area contributed by atoms with Gasteiger partial charge < -0.3 is 10.2 Å². The van der Waals surface area contributed by atoms with Gasteiger partial charge in [0.05, 0.1) is 22.6 Å². The third-order valence-corrected chi connectivity index (χ3v) is 5.52. The first-order chi connectivity index (χ1) is 12.5. The Balaban J connectivity index is 1.68. The fourth-order valence-electron chi connectivity index (χ4n) is 3.42. The molecule has 26 heavy (non-hydrogen) atoms. The predicted molar refractivity (Wildman–Crippen MR) is 103 cm³/mol. The van der Waals surface area contributed by atoms with Crippen LogP contribution in [0.1, 0.15) is 17.3 Å². The molecule has 0 radical (unpaired) electrons. The number of hydrazine groups is 1. The monoisotopic (exact) mass is 371 g/mol. The van der Waals surface area contributed by atoms with E-state index in [-0.39, 0.29) is 18.0 Å². The maximum absolute atomic E-state index is 13.2. The van der Waals surface area contributed by atoms with E-state index >= 15 is 0 Å². The third kappa shape index (κ3) is 2.96. The largest absolute Gasteiger partial charge is 0.341 e. The van der Waals surface area contributed by atoms with E-state index in [4.69, 9.17) is 0 Å². The Morgan fingerprint density at radius 1 is 1.23 bits per heavy atom. The van der Waals surface area contributed by atoms with Crippen LogP contribution in [0.15, 0.2) is 35.0 Å². The molecule has 1 saturated heterocycles. The zero-order chi connectivity index (χ0) is 18.3. The lowest BCUT2D eigenvalue weighted by Gasteiger charge is -2.39. The summed E-state index contributed by atoms with van der Waals surface area (Å²) in [5, 5.41) is 8.47. The number of anilines is 3. The van der Waals surface area contributed by atoms with Crippen molar-refractivity contribution < 1.29 is 9.59 Å². The van der Waals surface area contributed by atoms with Crippen molar-refractivity contribution in [3.8, 4) is 0 Å². The van der Waals surface area contributed by atoms with Gasteiger partial charge in [-0.05, 0) is 26.1 Å². The summed E-state index contributed by atoms with van der Waals surface area (Å²) in [5.74, 6) is -0.197. The Labute approximate surface area is 156 Å². The number of nitrogens with zero attached hydrogens (tertiary/aromatic N) is 3. The van der Waals surface area contributed by atoms with Gasteiger partial charge in [0.2, 0.25) is 0 Å². The van der Waals surface area contributed by atoms with Crippen LogP contribution in [0, 0.1) is 0 Å². The van der Waals surface area contributed by atoms with Crippen LogP contribution in [0.25, 0.3) is 0 Å². The number of carbonyl (C=O) groups excluding carboxylic acids is 2. The summed E-state index contributed by atoms with van der Waals surface area (Å²) in [6, 6.07) is 7.31. The highest BCUT2D eigenvalue weighted by molar-refractivity contribution is 7.08. The first-order valence-corrected chi connectivity index (χ1v) is 9.51. The molecule has 2 N–H and O–H groups in total. The minimum atomic E-state index is -0.259. The van der Waals surface area contributed by atoms with Crippen molar-refractivity contribution in [2.24, 2.45) is 0 Å². The van der Waals surface area contributed by atoms with Crippen LogP contribution in [-0.4, -0.2) is 54.6 Å². The van der Waals surface area contributed by atoms with E-state index in [0.717, 1.165) is 19.6 Å². The van der Waals surface area contributed by atoms with Gasteiger partial charge in [0.15, 0.2) is 0 Å². The number of carbonyl (C=O) groups is 2. The number of para-hydroxylation sites is 2. The van der Waals surface area contributed by atoms with E-state index in [9.17, 15) is 9.59 Å². The summed E-state index contributed by atoms with van der Waals surface area (Å²) in [4.78, 5) is 29.5. The number of piperazine rings is 1. The van der Waals surface area contributed by atoms with Crippen molar-refractivity contribution in [2.75, 3.05) is 36.9 Å². The molecule has 1 aromatic carbocycles. The van der Waals surface area contributed by atoms with Crippen LogP contribution in [-0.2, 0) is 0 Å². The van der Waals surface area contributed by atoms with E-state index in [0.29, 0.717) is 22.6 Å². The van der Waals surface area contributed by atoms with E-state index < -0.39 is 0 Å². The number of rotatable bonds is 1. The summed E-state index contributed by atoms with van der Waals surface area (Å²) in [6.07, 6.45) is 0. The molecule has 4 rings (SSSR count). The normalized spacial score (nSPS) is 20.8. The lowest BCUT2D eigenvalue weighted by molar-refractivity contribution is 0.0666. The van der Waals surface area contributed by atoms with Crippen molar-refractivity contribution in [1.82, 2.24) is 15.3 Å². The summed E-state index contributed by atoms with van der Waals surface area (Å²) >= 11 is 1.41. The number of hydrogen-bond acceptors (Lipinski definition) is 5. The second-order valence-electron chi connectivity index (χ2n) is 6.70. The molecule has 1 atom stereocenters. The van der Waals surface area contributed by atoms with Crippen LogP contribution in [0.3, 0.4) is 0 Å². The van der Waals surface area contributed by atoms with Gasteiger partial charge in [-0.1, -0.05) is 12.1 Å². The Morgan fingerprint density at radius 3 is 2.85 bits per heavy atom. The molecule has 136 valence electrons. The third-order valence-electron chi connectivity index (χ3n) is 4.79. The van der Waals surface area contributed by atoms with Gasteiger partial charge in [-0.2, -0.15) is 0 Å². The molecule has 0 aliphatic carbocycles. The van der Waals surface area contributed by atoms with Crippen molar-refractivity contribution in [3.63, 3.8) is 0 Å². The number of thiophene rings is 1. The van der Waals surface area contributed by atoms with E-state index in [1.54, 1.807) is 16.3 Å². The SMILES string of the molecule is CC1CN(C)CCN1NC(=O)N1c2ccccc2NC(=O)c2cscc21. The average molecular weight is 371 g/mol. The van der Waals surface area contributed by atoms with Gasteiger partial charge in [0.1, 0.15) is 0 Å². The molecule has 1 aromatic heterocycles. The smallest absolute Gasteiger partial charge is 0.320 e. The summed E-state index contributed by atoms with van der Waals surface area (Å²) in [6.45, 7) is 4.63. The van der Waals surface area contributed by atoms with Crippen LogP contribution in [0.2, 0.25) is 0 Å². The molecule has 0 saturated carbocycles. The molecular formula is C18H21N5O2S. The summed E-state index contributed by atoms with van der Waals surface area (Å²) < 4.78 is 0. The molecule has 8 heteroatoms. The second kappa shape index (κ2) is 6.71. The van der Waals surface area contributed by atoms with Crippen LogP contribution >= 0.6 is 11.3 Å². The number of likely N-dealkylation sites (N-methyl/N-ethyl adjacent to an activating group) is 1. The van der Waals surface area contributed by atoms with E-state index in [1.165, 1.54) is 11.3 Å². The molecule has 1 unspecified atom stereocenters. The minimum Gasteiger partial charge on any atom is -0.320 e. The first-order valence-electron chi connectivity index (χ1n) is 8.57. The van der Waals surface area contributed by atoms with Crippen molar-refractivity contribution in [1.29, 1.82) is 0 Å². The Hall–Kier alpha value is -2.42. The molecule has 2 aromatic rings. The van der Waals surface area contributed by atoms with Gasteiger partial charge >= 0.3 is 6.03 Å². The van der Waals surface area contributed by atoms with Gasteiger partial charge in [0, 0.05) is 36.4 Å². The first kappa shape index (κ1) is 17.0. The maximum atomic E-state index is 13.2. The second-order valence-corrected chi connectivity index (χ2v) is 7.44. The average Bonchev–Trinajstić information content (AvgIpc) is 3.04. The number of nitrogens with one attached hydrogen (secondary N) is 2. The molecule has 1 fully saturated rings. The fraction of sp³-hybridized carbons (Fsp3) is 0.333. The van der Waals surface area contributed by atoms with Crippen LogP contribution in [0.5, 0.6) is 0 Å². The molecular weight excluding hydrogens is 350 g/mol. The zero-order valence-corrected chi connectivity index (χ0v) is 15.5. The number of hydrogen-bond donors (Lipinski definition) is 2. The van der Waals surface area contributed by atoms with Gasteiger partial charge in [-0.25, -0.2) is 9.80 Å². The number of urea groups is 1. The highest BCUT2D eigenvalue weighted by Crippen LogP contribution is 2.39. The summed E-state index contributed by atoms with van der Waals surface area (Å²) in [5.41, 5.74) is 5.44.